The topological polar surface area (TPSA) is 97.8 Å². The highest BCUT2D eigenvalue weighted by atomic mass is 16.8. The molecule has 31 heavy (non-hydrogen) atoms. The average molecular weight is 431 g/mol. The first-order valence-corrected chi connectivity index (χ1v) is 11.5. The maximum absolute atomic E-state index is 13.1. The first kappa shape index (κ1) is 22.1. The second-order valence-electron chi connectivity index (χ2n) is 10.5. The number of ether oxygens (including phenoxy) is 2. The van der Waals surface area contributed by atoms with Crippen LogP contribution in [0.25, 0.3) is 0 Å². The molecule has 1 amide bonds. The Bertz CT molecular complexity index is 850. The van der Waals surface area contributed by atoms with Crippen LogP contribution in [0.15, 0.2) is 18.3 Å². The lowest BCUT2D eigenvalue weighted by Gasteiger charge is -2.35. The zero-order valence-electron chi connectivity index (χ0n) is 18.9. The fraction of sp³-hybridized carbons (Fsp3) is 0.708. The Balaban J connectivity index is 1.60. The van der Waals surface area contributed by atoms with Gasteiger partial charge in [0.05, 0.1) is 6.04 Å². The fourth-order valence-electron chi connectivity index (χ4n) is 5.03. The van der Waals surface area contributed by atoms with E-state index in [0.717, 1.165) is 17.5 Å². The lowest BCUT2D eigenvalue weighted by molar-refractivity contribution is -0.170. The number of cyclic esters (lactones) is 1. The summed E-state index contributed by atoms with van der Waals surface area (Å²) in [7, 11) is 0. The van der Waals surface area contributed by atoms with Crippen LogP contribution in [0.4, 0.5) is 4.79 Å². The van der Waals surface area contributed by atoms with Gasteiger partial charge in [0.25, 0.3) is 0 Å². The third-order valence-corrected chi connectivity index (χ3v) is 6.65. The number of amides is 1. The van der Waals surface area contributed by atoms with Gasteiger partial charge in [0, 0.05) is 32.2 Å². The van der Waals surface area contributed by atoms with E-state index in [9.17, 15) is 14.7 Å². The number of rotatable bonds is 9. The van der Waals surface area contributed by atoms with E-state index in [1.807, 2.05) is 13.8 Å². The van der Waals surface area contributed by atoms with Crippen molar-refractivity contribution in [3.05, 3.63) is 29.6 Å². The van der Waals surface area contributed by atoms with Crippen molar-refractivity contribution in [3.8, 4) is 0 Å². The summed E-state index contributed by atoms with van der Waals surface area (Å²) in [6, 6.07) is 3.38. The minimum Gasteiger partial charge on any atom is -0.465 e. The molecular formula is C24H34N2O5. The molecule has 1 aromatic rings. The molecule has 2 saturated carbocycles. The molecular weight excluding hydrogens is 396 g/mol. The van der Waals surface area contributed by atoms with Gasteiger partial charge in [-0.1, -0.05) is 26.7 Å². The van der Waals surface area contributed by atoms with E-state index < -0.39 is 29.5 Å². The van der Waals surface area contributed by atoms with Crippen molar-refractivity contribution in [3.63, 3.8) is 0 Å². The first-order chi connectivity index (χ1) is 14.6. The highest BCUT2D eigenvalue weighted by molar-refractivity contribution is 5.84. The van der Waals surface area contributed by atoms with Crippen LogP contribution in [0.3, 0.4) is 0 Å². The van der Waals surface area contributed by atoms with Crippen molar-refractivity contribution < 1.29 is 24.2 Å². The molecule has 7 heteroatoms. The summed E-state index contributed by atoms with van der Waals surface area (Å²) in [5.41, 5.74) is 0.530. The van der Waals surface area contributed by atoms with Gasteiger partial charge in [-0.3, -0.25) is 4.98 Å². The number of carboxylic acid groups (broad SMARTS) is 1. The second kappa shape index (κ2) is 8.08. The lowest BCUT2D eigenvalue weighted by Crippen LogP contribution is -2.58. The Morgan fingerprint density at radius 3 is 2.68 bits per heavy atom. The summed E-state index contributed by atoms with van der Waals surface area (Å²) in [5.74, 6) is 0.725. The Labute approximate surface area is 183 Å². The van der Waals surface area contributed by atoms with Crippen LogP contribution in [-0.2, 0) is 20.7 Å². The molecule has 3 aliphatic rings. The first-order valence-electron chi connectivity index (χ1n) is 11.5. The van der Waals surface area contributed by atoms with Crippen LogP contribution in [-0.4, -0.2) is 39.6 Å². The molecule has 0 aromatic carbocycles. The maximum Gasteiger partial charge on any atom is 0.404 e. The van der Waals surface area contributed by atoms with Crippen molar-refractivity contribution in [2.75, 3.05) is 0 Å². The van der Waals surface area contributed by atoms with Gasteiger partial charge >= 0.3 is 12.1 Å². The molecule has 1 aliphatic heterocycles. The van der Waals surface area contributed by atoms with E-state index in [2.05, 4.69) is 22.4 Å². The number of aromatic nitrogens is 1. The number of hydrogen-bond acceptors (Lipinski definition) is 5. The van der Waals surface area contributed by atoms with Gasteiger partial charge in [-0.15, -0.1) is 0 Å². The number of carbonyl (C=O) groups excluding carboxylic acids is 1. The highest BCUT2D eigenvalue weighted by Crippen LogP contribution is 2.54. The fourth-order valence-corrected chi connectivity index (χ4v) is 5.03. The number of carbonyl (C=O) groups is 2. The van der Waals surface area contributed by atoms with Crippen LogP contribution >= 0.6 is 0 Å². The van der Waals surface area contributed by atoms with E-state index >= 15 is 0 Å². The monoisotopic (exact) mass is 430 g/mol. The van der Waals surface area contributed by atoms with Crippen molar-refractivity contribution in [2.24, 2.45) is 17.8 Å². The van der Waals surface area contributed by atoms with Crippen LogP contribution in [0.1, 0.15) is 77.0 Å². The molecule has 0 bridgehead atoms. The van der Waals surface area contributed by atoms with Gasteiger partial charge in [0.15, 0.2) is 5.60 Å². The molecule has 2 heterocycles. The average Bonchev–Trinajstić information content (AvgIpc) is 3.56. The van der Waals surface area contributed by atoms with E-state index in [4.69, 9.17) is 9.47 Å². The molecule has 4 atom stereocenters. The lowest BCUT2D eigenvalue weighted by atomic mass is 9.83. The Morgan fingerprint density at radius 2 is 2.10 bits per heavy atom. The van der Waals surface area contributed by atoms with Crippen LogP contribution in [0.5, 0.6) is 0 Å². The summed E-state index contributed by atoms with van der Waals surface area (Å²) in [6.45, 7) is 7.33. The predicted molar refractivity (Wildman–Crippen MR) is 115 cm³/mol. The number of esters is 1. The predicted octanol–water partition coefficient (Wildman–Crippen LogP) is 4.26. The molecule has 170 valence electrons. The standard InChI is InChI=1S/C24H34N2O5/c1-14(2)9-20(26-22(28)29)24(21(27)30-23(3,4)31-24)13-18-11-16(7-8-25-18)19-12-17(19)10-15-5-6-15/h7-8,11,14-15,17,19-20,26H,5-6,9-10,12-13H2,1-4H3,(H,28,29)/t17-,19+,20-,24+/m0/s1. The second-order valence-corrected chi connectivity index (χ2v) is 10.5. The van der Waals surface area contributed by atoms with Crippen molar-refractivity contribution in [1.82, 2.24) is 10.3 Å². The van der Waals surface area contributed by atoms with Gasteiger partial charge in [-0.2, -0.15) is 0 Å². The molecule has 2 aliphatic carbocycles. The van der Waals surface area contributed by atoms with E-state index in [1.54, 1.807) is 20.0 Å². The molecule has 4 rings (SSSR count). The minimum atomic E-state index is -1.45. The highest BCUT2D eigenvalue weighted by Gasteiger charge is 2.59. The largest absolute Gasteiger partial charge is 0.465 e. The Kier molecular flexibility index (Phi) is 5.75. The normalized spacial score (nSPS) is 30.2. The molecule has 1 aromatic heterocycles. The van der Waals surface area contributed by atoms with E-state index in [0.29, 0.717) is 12.3 Å². The van der Waals surface area contributed by atoms with Gasteiger partial charge in [0.1, 0.15) is 0 Å². The third kappa shape index (κ3) is 5.03. The number of nitrogens with one attached hydrogen (secondary N) is 1. The SMILES string of the molecule is CC(C)C[C@H](NC(=O)O)[C@@]1(Cc2cc([C@H]3C[C@@H]3CC3CC3)ccn2)OC(C)(C)OC1=O. The summed E-state index contributed by atoms with van der Waals surface area (Å²) < 4.78 is 11.7. The molecule has 3 fully saturated rings. The van der Waals surface area contributed by atoms with Gasteiger partial charge in [0.2, 0.25) is 5.79 Å². The quantitative estimate of drug-likeness (QED) is 0.568. The summed E-state index contributed by atoms with van der Waals surface area (Å²) >= 11 is 0. The van der Waals surface area contributed by atoms with Crippen molar-refractivity contribution in [1.29, 1.82) is 0 Å². The van der Waals surface area contributed by atoms with Crippen LogP contribution in [0.2, 0.25) is 0 Å². The van der Waals surface area contributed by atoms with Crippen molar-refractivity contribution >= 4 is 12.1 Å². The zero-order valence-corrected chi connectivity index (χ0v) is 18.9. The van der Waals surface area contributed by atoms with E-state index in [-0.39, 0.29) is 12.3 Å². The third-order valence-electron chi connectivity index (χ3n) is 6.65. The summed E-state index contributed by atoms with van der Waals surface area (Å²) in [5, 5.41) is 12.0. The number of nitrogens with zero attached hydrogens (tertiary/aromatic N) is 1. The molecule has 2 N–H and O–H groups in total. The van der Waals surface area contributed by atoms with Gasteiger partial charge in [-0.25, -0.2) is 9.59 Å². The molecule has 0 radical (unpaired) electrons. The van der Waals surface area contributed by atoms with E-state index in [1.165, 1.54) is 31.2 Å². The van der Waals surface area contributed by atoms with Crippen LogP contribution < -0.4 is 5.32 Å². The van der Waals surface area contributed by atoms with Gasteiger partial charge < -0.3 is 19.9 Å². The summed E-state index contributed by atoms with van der Waals surface area (Å²) in [4.78, 5) is 29.2. The molecule has 0 spiro atoms. The number of hydrogen-bond donors (Lipinski definition) is 2. The Morgan fingerprint density at radius 1 is 1.35 bits per heavy atom. The number of pyridine rings is 1. The summed E-state index contributed by atoms with van der Waals surface area (Å²) in [6.07, 6.45) is 6.49. The van der Waals surface area contributed by atoms with Crippen molar-refractivity contribution in [2.45, 2.75) is 89.6 Å². The molecule has 0 unspecified atom stereocenters. The van der Waals surface area contributed by atoms with Crippen LogP contribution in [0, 0.1) is 17.8 Å². The maximum atomic E-state index is 13.1. The Hall–Kier alpha value is -2.15. The molecule has 1 saturated heterocycles. The minimum absolute atomic E-state index is 0.155. The zero-order chi connectivity index (χ0) is 22.4. The van der Waals surface area contributed by atoms with Gasteiger partial charge in [-0.05, 0) is 60.6 Å². The molecule has 7 nitrogen and oxygen atoms in total. The smallest absolute Gasteiger partial charge is 0.404 e.